The molecule has 0 atom stereocenters. The quantitative estimate of drug-likeness (QED) is 0.707. The summed E-state index contributed by atoms with van der Waals surface area (Å²) >= 11 is 6.10. The van der Waals surface area contributed by atoms with Crippen molar-refractivity contribution in [2.24, 2.45) is 0 Å². The van der Waals surface area contributed by atoms with E-state index in [1.807, 2.05) is 0 Å². The van der Waals surface area contributed by atoms with Crippen LogP contribution in [-0.4, -0.2) is 56.5 Å². The summed E-state index contributed by atoms with van der Waals surface area (Å²) in [6.45, 7) is 2.87. The Balaban J connectivity index is 1.41. The molecule has 1 saturated heterocycles. The van der Waals surface area contributed by atoms with Gasteiger partial charge in [0.2, 0.25) is 0 Å². The number of piperazine rings is 1. The van der Waals surface area contributed by atoms with Gasteiger partial charge in [-0.2, -0.15) is 5.10 Å². The van der Waals surface area contributed by atoms with Gasteiger partial charge in [0, 0.05) is 61.8 Å². The fourth-order valence-corrected chi connectivity index (χ4v) is 3.34. The number of nitrogens with zero attached hydrogens (tertiary/aromatic N) is 5. The van der Waals surface area contributed by atoms with Gasteiger partial charge in [-0.3, -0.25) is 9.69 Å². The lowest BCUT2D eigenvalue weighted by molar-refractivity contribution is 0.0621. The van der Waals surface area contributed by atoms with E-state index >= 15 is 0 Å². The van der Waals surface area contributed by atoms with Crippen LogP contribution < -0.4 is 0 Å². The van der Waals surface area contributed by atoms with Gasteiger partial charge in [-0.1, -0.05) is 17.7 Å². The average Bonchev–Trinajstić information content (AvgIpc) is 3.09. The van der Waals surface area contributed by atoms with Crippen LogP contribution in [-0.2, 0) is 6.54 Å². The minimum absolute atomic E-state index is 0.112. The van der Waals surface area contributed by atoms with Gasteiger partial charge in [-0.25, -0.2) is 13.9 Å². The van der Waals surface area contributed by atoms with Crippen molar-refractivity contribution in [1.29, 1.82) is 0 Å². The van der Waals surface area contributed by atoms with Gasteiger partial charge in [-0.15, -0.1) is 0 Å². The Morgan fingerprint density at radius 2 is 2.00 bits per heavy atom. The van der Waals surface area contributed by atoms with Crippen LogP contribution >= 0.6 is 11.6 Å². The standard InChI is InChI=1S/C18H17ClFN5O/c19-14-3-1-4-15(20)13(14)12-23-7-9-24(10-8-23)18(26)16-11-17-21-5-2-6-25(17)22-16/h1-6,11H,7-10,12H2. The molecule has 0 aliphatic carbocycles. The molecule has 1 aromatic carbocycles. The highest BCUT2D eigenvalue weighted by atomic mass is 35.5. The Bertz CT molecular complexity index is 898. The van der Waals surface area contributed by atoms with Crippen LogP contribution in [0.2, 0.25) is 5.02 Å². The normalized spacial score (nSPS) is 15.5. The van der Waals surface area contributed by atoms with E-state index in [2.05, 4.69) is 15.0 Å². The van der Waals surface area contributed by atoms with Gasteiger partial charge >= 0.3 is 0 Å². The van der Waals surface area contributed by atoms with Crippen LogP contribution in [0.4, 0.5) is 4.39 Å². The van der Waals surface area contributed by atoms with Crippen LogP contribution in [0.1, 0.15) is 16.1 Å². The maximum absolute atomic E-state index is 13.9. The molecule has 0 radical (unpaired) electrons. The van der Waals surface area contributed by atoms with Crippen molar-refractivity contribution < 1.29 is 9.18 Å². The molecule has 4 rings (SSSR count). The topological polar surface area (TPSA) is 53.7 Å². The number of fused-ring (bicyclic) bond motifs is 1. The summed E-state index contributed by atoms with van der Waals surface area (Å²) < 4.78 is 15.5. The lowest BCUT2D eigenvalue weighted by atomic mass is 10.1. The predicted octanol–water partition coefficient (Wildman–Crippen LogP) is 2.48. The number of hydrogen-bond donors (Lipinski definition) is 0. The largest absolute Gasteiger partial charge is 0.335 e. The second kappa shape index (κ2) is 7.01. The number of rotatable bonds is 3. The summed E-state index contributed by atoms with van der Waals surface area (Å²) in [5.74, 6) is -0.410. The Morgan fingerprint density at radius 3 is 2.73 bits per heavy atom. The molecule has 1 aliphatic rings. The lowest BCUT2D eigenvalue weighted by Crippen LogP contribution is -2.48. The summed E-state index contributed by atoms with van der Waals surface area (Å²) in [4.78, 5) is 20.7. The molecular formula is C18H17ClFN5O. The van der Waals surface area contributed by atoms with Crippen molar-refractivity contribution in [2.45, 2.75) is 6.54 Å². The Hall–Kier alpha value is -2.51. The predicted molar refractivity (Wildman–Crippen MR) is 95.6 cm³/mol. The molecule has 0 N–H and O–H groups in total. The number of carbonyl (C=O) groups excluding carboxylic acids is 1. The monoisotopic (exact) mass is 373 g/mol. The molecule has 1 fully saturated rings. The molecule has 0 unspecified atom stereocenters. The number of aromatic nitrogens is 3. The second-order valence-corrected chi connectivity index (χ2v) is 6.63. The summed E-state index contributed by atoms with van der Waals surface area (Å²) in [6, 6.07) is 8.16. The van der Waals surface area contributed by atoms with Gasteiger partial charge in [0.25, 0.3) is 5.91 Å². The third kappa shape index (κ3) is 3.27. The van der Waals surface area contributed by atoms with Gasteiger partial charge < -0.3 is 4.90 Å². The first-order chi connectivity index (χ1) is 12.6. The van der Waals surface area contributed by atoms with Gasteiger partial charge in [0.05, 0.1) is 0 Å². The van der Waals surface area contributed by atoms with Gasteiger partial charge in [-0.05, 0) is 18.2 Å². The molecule has 2 aromatic heterocycles. The highest BCUT2D eigenvalue weighted by Crippen LogP contribution is 2.21. The first kappa shape index (κ1) is 16.9. The van der Waals surface area contributed by atoms with E-state index in [4.69, 9.17) is 11.6 Å². The zero-order valence-electron chi connectivity index (χ0n) is 14.0. The van der Waals surface area contributed by atoms with Crippen LogP contribution in [0.5, 0.6) is 0 Å². The van der Waals surface area contributed by atoms with E-state index in [0.717, 1.165) is 0 Å². The zero-order valence-corrected chi connectivity index (χ0v) is 14.7. The molecule has 3 aromatic rings. The average molecular weight is 374 g/mol. The maximum Gasteiger partial charge on any atom is 0.274 e. The van der Waals surface area contributed by atoms with Crippen LogP contribution in [0.3, 0.4) is 0 Å². The van der Waals surface area contributed by atoms with E-state index in [1.165, 1.54) is 6.07 Å². The minimum atomic E-state index is -0.298. The van der Waals surface area contributed by atoms with Gasteiger partial charge in [0.15, 0.2) is 11.3 Å². The molecule has 1 aliphatic heterocycles. The number of halogens is 2. The van der Waals surface area contributed by atoms with Crippen molar-refractivity contribution >= 4 is 23.2 Å². The number of amides is 1. The fourth-order valence-electron chi connectivity index (χ4n) is 3.11. The van der Waals surface area contributed by atoms with E-state index in [0.29, 0.717) is 54.7 Å². The van der Waals surface area contributed by atoms with Crippen LogP contribution in [0.25, 0.3) is 5.65 Å². The molecule has 26 heavy (non-hydrogen) atoms. The lowest BCUT2D eigenvalue weighted by Gasteiger charge is -2.34. The van der Waals surface area contributed by atoms with E-state index in [1.54, 1.807) is 46.1 Å². The van der Waals surface area contributed by atoms with Crippen LogP contribution in [0.15, 0.2) is 42.7 Å². The highest BCUT2D eigenvalue weighted by molar-refractivity contribution is 6.31. The molecule has 134 valence electrons. The Labute approximate surface area is 154 Å². The van der Waals surface area contributed by atoms with Crippen molar-refractivity contribution in [3.8, 4) is 0 Å². The van der Waals surface area contributed by atoms with Crippen molar-refractivity contribution in [3.05, 3.63) is 64.8 Å². The van der Waals surface area contributed by atoms with Crippen molar-refractivity contribution in [2.75, 3.05) is 26.2 Å². The molecule has 1 amide bonds. The van der Waals surface area contributed by atoms with Crippen molar-refractivity contribution in [3.63, 3.8) is 0 Å². The number of hydrogen-bond acceptors (Lipinski definition) is 4. The molecule has 3 heterocycles. The smallest absolute Gasteiger partial charge is 0.274 e. The molecule has 8 heteroatoms. The molecule has 0 saturated carbocycles. The molecule has 0 spiro atoms. The van der Waals surface area contributed by atoms with Crippen LogP contribution in [0, 0.1) is 5.82 Å². The highest BCUT2D eigenvalue weighted by Gasteiger charge is 2.25. The van der Waals surface area contributed by atoms with E-state index < -0.39 is 0 Å². The van der Waals surface area contributed by atoms with E-state index in [-0.39, 0.29) is 11.7 Å². The molecule has 6 nitrogen and oxygen atoms in total. The second-order valence-electron chi connectivity index (χ2n) is 6.22. The summed E-state index contributed by atoms with van der Waals surface area (Å²) in [7, 11) is 0. The SMILES string of the molecule is O=C(c1cc2ncccn2n1)N1CCN(Cc2c(F)cccc2Cl)CC1. The molecular weight excluding hydrogens is 357 g/mol. The van der Waals surface area contributed by atoms with Crippen molar-refractivity contribution in [1.82, 2.24) is 24.4 Å². The Morgan fingerprint density at radius 1 is 1.19 bits per heavy atom. The number of benzene rings is 1. The third-order valence-electron chi connectivity index (χ3n) is 4.56. The third-order valence-corrected chi connectivity index (χ3v) is 4.91. The summed E-state index contributed by atoms with van der Waals surface area (Å²) in [5, 5.41) is 4.71. The van der Waals surface area contributed by atoms with Gasteiger partial charge in [0.1, 0.15) is 5.82 Å². The van der Waals surface area contributed by atoms with E-state index in [9.17, 15) is 9.18 Å². The molecule has 0 bridgehead atoms. The first-order valence-electron chi connectivity index (χ1n) is 8.37. The Kier molecular flexibility index (Phi) is 4.57. The summed E-state index contributed by atoms with van der Waals surface area (Å²) in [5.41, 5.74) is 1.53. The summed E-state index contributed by atoms with van der Waals surface area (Å²) in [6.07, 6.45) is 3.42. The fraction of sp³-hybridized carbons (Fsp3) is 0.278. The zero-order chi connectivity index (χ0) is 18.1. The first-order valence-corrected chi connectivity index (χ1v) is 8.74. The minimum Gasteiger partial charge on any atom is -0.335 e. The maximum atomic E-state index is 13.9. The number of carbonyl (C=O) groups is 1.